The van der Waals surface area contributed by atoms with Gasteiger partial charge in [0.2, 0.25) is 6.41 Å². The minimum Gasteiger partial charge on any atom is -0.464 e. The molecule has 68 valence electrons. The molecule has 12 heavy (non-hydrogen) atoms. The van der Waals surface area contributed by atoms with E-state index in [9.17, 15) is 9.59 Å². The van der Waals surface area contributed by atoms with E-state index in [1.807, 2.05) is 0 Å². The topological polar surface area (TPSA) is 55.4 Å². The largest absolute Gasteiger partial charge is 0.464 e. The summed E-state index contributed by atoms with van der Waals surface area (Å²) in [5.41, 5.74) is 0. The fraction of sp³-hybridized carbons (Fsp3) is 0.750. The number of nitrogens with one attached hydrogen (secondary N) is 1. The zero-order valence-corrected chi connectivity index (χ0v) is 6.91. The summed E-state index contributed by atoms with van der Waals surface area (Å²) in [4.78, 5) is 20.5. The summed E-state index contributed by atoms with van der Waals surface area (Å²) in [6.07, 6.45) is 3.99. The second-order valence-electron chi connectivity index (χ2n) is 2.95. The minimum absolute atomic E-state index is 0.0197. The van der Waals surface area contributed by atoms with Gasteiger partial charge in [0.25, 0.3) is 0 Å². The molecule has 1 N–H and O–H groups in total. The van der Waals surface area contributed by atoms with Gasteiger partial charge in [0.05, 0.1) is 6.61 Å². The number of carbonyl (C=O) groups excluding carboxylic acids is 2. The highest BCUT2D eigenvalue weighted by atomic mass is 16.5. The van der Waals surface area contributed by atoms with Crippen LogP contribution in [0.5, 0.6) is 0 Å². The minimum atomic E-state index is -0.359. The van der Waals surface area contributed by atoms with Crippen molar-refractivity contribution in [1.29, 1.82) is 0 Å². The van der Waals surface area contributed by atoms with E-state index in [4.69, 9.17) is 4.74 Å². The lowest BCUT2D eigenvalue weighted by Crippen LogP contribution is -2.23. The van der Waals surface area contributed by atoms with Crippen molar-refractivity contribution in [2.45, 2.75) is 19.3 Å². The average molecular weight is 171 g/mol. The average Bonchev–Trinajstić information content (AvgIpc) is 2.84. The molecule has 0 atom stereocenters. The normalized spacial score (nSPS) is 15.3. The van der Waals surface area contributed by atoms with Crippen LogP contribution in [-0.2, 0) is 14.3 Å². The maximum Gasteiger partial charge on any atom is 0.325 e. The van der Waals surface area contributed by atoms with Crippen LogP contribution in [0.15, 0.2) is 0 Å². The lowest BCUT2D eigenvalue weighted by atomic mass is 10.3. The van der Waals surface area contributed by atoms with E-state index in [2.05, 4.69) is 5.32 Å². The Balaban J connectivity index is 1.89. The second kappa shape index (κ2) is 4.74. The number of carbonyl (C=O) groups is 2. The maximum atomic E-state index is 10.8. The van der Waals surface area contributed by atoms with Crippen molar-refractivity contribution in [2.24, 2.45) is 5.92 Å². The number of rotatable bonds is 6. The van der Waals surface area contributed by atoms with Crippen LogP contribution in [-0.4, -0.2) is 25.5 Å². The third-order valence-electron chi connectivity index (χ3n) is 1.82. The molecule has 0 aromatic carbocycles. The van der Waals surface area contributed by atoms with Gasteiger partial charge >= 0.3 is 5.97 Å². The van der Waals surface area contributed by atoms with Gasteiger partial charge in [-0.25, -0.2) is 0 Å². The first kappa shape index (κ1) is 9.03. The van der Waals surface area contributed by atoms with E-state index in [0.29, 0.717) is 13.0 Å². The van der Waals surface area contributed by atoms with Gasteiger partial charge in [-0.3, -0.25) is 9.59 Å². The predicted octanol–water partition coefficient (Wildman–Crippen LogP) is 0.0757. The summed E-state index contributed by atoms with van der Waals surface area (Å²) in [7, 11) is 0. The van der Waals surface area contributed by atoms with Crippen LogP contribution in [0.2, 0.25) is 0 Å². The first-order valence-corrected chi connectivity index (χ1v) is 4.15. The van der Waals surface area contributed by atoms with Crippen LogP contribution in [0.1, 0.15) is 19.3 Å². The molecule has 0 spiro atoms. The monoisotopic (exact) mass is 171 g/mol. The van der Waals surface area contributed by atoms with Gasteiger partial charge in [-0.1, -0.05) is 12.8 Å². The first-order chi connectivity index (χ1) is 5.83. The molecule has 1 aliphatic rings. The summed E-state index contributed by atoms with van der Waals surface area (Å²) in [6.45, 7) is 0.470. The van der Waals surface area contributed by atoms with Crippen LogP contribution >= 0.6 is 0 Å². The number of esters is 1. The molecule has 0 aliphatic heterocycles. The molecule has 1 aliphatic carbocycles. The van der Waals surface area contributed by atoms with Crippen LogP contribution in [0.25, 0.3) is 0 Å². The van der Waals surface area contributed by atoms with Crippen molar-refractivity contribution in [3.63, 3.8) is 0 Å². The standard InChI is InChI=1S/C8H13NO3/c10-6-9-5-8(11)12-4-3-7-1-2-7/h6-7H,1-5H2,(H,9,10). The van der Waals surface area contributed by atoms with Gasteiger partial charge in [-0.2, -0.15) is 0 Å². The van der Waals surface area contributed by atoms with Gasteiger partial charge in [0.15, 0.2) is 0 Å². The second-order valence-corrected chi connectivity index (χ2v) is 2.95. The summed E-state index contributed by atoms with van der Waals surface area (Å²) < 4.78 is 4.83. The van der Waals surface area contributed by atoms with Crippen molar-refractivity contribution < 1.29 is 14.3 Å². The van der Waals surface area contributed by atoms with Crippen molar-refractivity contribution in [3.05, 3.63) is 0 Å². The highest BCUT2D eigenvalue weighted by Gasteiger charge is 2.20. The van der Waals surface area contributed by atoms with Gasteiger partial charge in [-0.15, -0.1) is 0 Å². The van der Waals surface area contributed by atoms with E-state index < -0.39 is 0 Å². The van der Waals surface area contributed by atoms with Crippen LogP contribution < -0.4 is 5.32 Å². The van der Waals surface area contributed by atoms with Crippen molar-refractivity contribution >= 4 is 12.4 Å². The molecule has 1 fully saturated rings. The van der Waals surface area contributed by atoms with E-state index in [-0.39, 0.29) is 12.5 Å². The van der Waals surface area contributed by atoms with Crippen LogP contribution in [0.4, 0.5) is 0 Å². The Morgan fingerprint density at radius 2 is 2.33 bits per heavy atom. The number of amides is 1. The zero-order chi connectivity index (χ0) is 8.81. The SMILES string of the molecule is O=CNCC(=O)OCCC1CC1. The van der Waals surface area contributed by atoms with E-state index in [0.717, 1.165) is 12.3 Å². The maximum absolute atomic E-state index is 10.8. The molecule has 0 unspecified atom stereocenters. The molecule has 4 nitrogen and oxygen atoms in total. The molecule has 0 saturated heterocycles. The highest BCUT2D eigenvalue weighted by molar-refractivity contribution is 5.73. The van der Waals surface area contributed by atoms with Gasteiger partial charge < -0.3 is 10.1 Å². The molecule has 0 heterocycles. The Morgan fingerprint density at radius 3 is 2.92 bits per heavy atom. The highest BCUT2D eigenvalue weighted by Crippen LogP contribution is 2.31. The molecular weight excluding hydrogens is 158 g/mol. The molecule has 0 aromatic rings. The van der Waals surface area contributed by atoms with Gasteiger partial charge in [0, 0.05) is 0 Å². The fourth-order valence-corrected chi connectivity index (χ4v) is 0.922. The lowest BCUT2D eigenvalue weighted by Gasteiger charge is -2.02. The predicted molar refractivity (Wildman–Crippen MR) is 42.4 cm³/mol. The van der Waals surface area contributed by atoms with E-state index in [1.165, 1.54) is 12.8 Å². The molecule has 0 radical (unpaired) electrons. The Bertz CT molecular complexity index is 166. The van der Waals surface area contributed by atoms with E-state index in [1.54, 1.807) is 0 Å². The van der Waals surface area contributed by atoms with Gasteiger partial charge in [0.1, 0.15) is 6.54 Å². The summed E-state index contributed by atoms with van der Waals surface area (Å²) in [5.74, 6) is 0.416. The Morgan fingerprint density at radius 1 is 1.58 bits per heavy atom. The molecular formula is C8H13NO3. The molecule has 1 amide bonds. The van der Waals surface area contributed by atoms with Crippen molar-refractivity contribution in [1.82, 2.24) is 5.32 Å². The third-order valence-corrected chi connectivity index (χ3v) is 1.82. The molecule has 0 bridgehead atoms. The van der Waals surface area contributed by atoms with Gasteiger partial charge in [-0.05, 0) is 12.3 Å². The van der Waals surface area contributed by atoms with Crippen molar-refractivity contribution in [3.8, 4) is 0 Å². The Kier molecular flexibility index (Phi) is 3.57. The summed E-state index contributed by atoms with van der Waals surface area (Å²) in [5, 5.41) is 2.25. The third kappa shape index (κ3) is 3.95. The fourth-order valence-electron chi connectivity index (χ4n) is 0.922. The van der Waals surface area contributed by atoms with Crippen LogP contribution in [0, 0.1) is 5.92 Å². The number of hydrogen-bond donors (Lipinski definition) is 1. The molecule has 1 rings (SSSR count). The molecule has 4 heteroatoms. The van der Waals surface area contributed by atoms with E-state index >= 15 is 0 Å². The molecule has 1 saturated carbocycles. The summed E-state index contributed by atoms with van der Waals surface area (Å²) >= 11 is 0. The Hall–Kier alpha value is -1.06. The molecule has 0 aromatic heterocycles. The lowest BCUT2D eigenvalue weighted by molar-refractivity contribution is -0.143. The van der Waals surface area contributed by atoms with Crippen molar-refractivity contribution in [2.75, 3.05) is 13.2 Å². The Labute approximate surface area is 71.3 Å². The summed E-state index contributed by atoms with van der Waals surface area (Å²) in [6, 6.07) is 0. The van der Waals surface area contributed by atoms with Crippen LogP contribution in [0.3, 0.4) is 0 Å². The number of hydrogen-bond acceptors (Lipinski definition) is 3. The number of ether oxygens (including phenoxy) is 1. The smallest absolute Gasteiger partial charge is 0.325 e. The first-order valence-electron chi connectivity index (χ1n) is 4.15. The quantitative estimate of drug-likeness (QED) is 0.454. The zero-order valence-electron chi connectivity index (χ0n) is 6.91.